The third-order valence-corrected chi connectivity index (χ3v) is 1.92. The fourth-order valence-corrected chi connectivity index (χ4v) is 1.12. The van der Waals surface area contributed by atoms with Crippen molar-refractivity contribution in [2.45, 2.75) is 6.92 Å². The van der Waals surface area contributed by atoms with E-state index in [4.69, 9.17) is 14.9 Å². The van der Waals surface area contributed by atoms with Gasteiger partial charge in [0.15, 0.2) is 11.5 Å². The normalized spacial score (nSPS) is 11.0. The van der Waals surface area contributed by atoms with Gasteiger partial charge in [-0.15, -0.1) is 0 Å². The number of ether oxygens (including phenoxy) is 1. The Labute approximate surface area is 96.4 Å². The highest BCUT2D eigenvalue weighted by Gasteiger charge is 2.17. The molecule has 0 bridgehead atoms. The van der Waals surface area contributed by atoms with E-state index in [1.807, 2.05) is 0 Å². The molecule has 6 nitrogen and oxygen atoms in total. The van der Waals surface area contributed by atoms with E-state index in [2.05, 4.69) is 0 Å². The van der Waals surface area contributed by atoms with Gasteiger partial charge in [-0.1, -0.05) is 6.07 Å². The zero-order valence-electron chi connectivity index (χ0n) is 8.88. The maximum Gasteiger partial charge on any atom is 0.371 e. The van der Waals surface area contributed by atoms with Gasteiger partial charge in [0.1, 0.15) is 5.56 Å². The summed E-state index contributed by atoms with van der Waals surface area (Å²) in [6, 6.07) is 3.79. The number of allylic oxidation sites excluding steroid dienone is 1. The average Bonchev–Trinajstić information content (AvgIpc) is 2.26. The van der Waals surface area contributed by atoms with E-state index >= 15 is 0 Å². The first kappa shape index (κ1) is 12.6. The molecule has 1 aromatic carbocycles. The van der Waals surface area contributed by atoms with E-state index < -0.39 is 23.4 Å². The van der Waals surface area contributed by atoms with Crippen LogP contribution in [0.15, 0.2) is 30.0 Å². The molecule has 3 N–H and O–H groups in total. The molecular weight excluding hydrogens is 228 g/mol. The minimum absolute atomic E-state index is 0.222. The fraction of sp³-hybridized carbons (Fsp3) is 0.0909. The van der Waals surface area contributed by atoms with Crippen LogP contribution in [0.4, 0.5) is 0 Å². The lowest BCUT2D eigenvalue weighted by molar-refractivity contribution is -0.135. The molecule has 0 amide bonds. The van der Waals surface area contributed by atoms with Crippen LogP contribution in [0, 0.1) is 0 Å². The van der Waals surface area contributed by atoms with Crippen molar-refractivity contribution in [3.63, 3.8) is 0 Å². The van der Waals surface area contributed by atoms with E-state index in [1.165, 1.54) is 31.2 Å². The van der Waals surface area contributed by atoms with E-state index in [9.17, 15) is 14.7 Å². The van der Waals surface area contributed by atoms with Crippen LogP contribution in [-0.4, -0.2) is 27.3 Å². The average molecular weight is 238 g/mol. The summed E-state index contributed by atoms with van der Waals surface area (Å²) in [5, 5.41) is 27.0. The van der Waals surface area contributed by atoms with Crippen molar-refractivity contribution < 1.29 is 29.6 Å². The molecule has 0 aromatic heterocycles. The monoisotopic (exact) mass is 238 g/mol. The lowest BCUT2D eigenvalue weighted by Crippen LogP contribution is -2.08. The molecule has 0 radical (unpaired) electrons. The maximum atomic E-state index is 10.7. The van der Waals surface area contributed by atoms with E-state index in [0.29, 0.717) is 0 Å². The van der Waals surface area contributed by atoms with E-state index in [-0.39, 0.29) is 11.3 Å². The predicted molar refractivity (Wildman–Crippen MR) is 57.1 cm³/mol. The largest absolute Gasteiger partial charge is 0.504 e. The molecule has 0 aliphatic rings. The van der Waals surface area contributed by atoms with Crippen LogP contribution in [0.5, 0.6) is 11.5 Å². The molecule has 0 aliphatic carbocycles. The SMILES string of the molecule is CC=C(Oc1cccc(C(=O)O)c1O)C(=O)O. The third-order valence-electron chi connectivity index (χ3n) is 1.92. The quantitative estimate of drug-likeness (QED) is 0.541. The summed E-state index contributed by atoms with van der Waals surface area (Å²) in [7, 11) is 0. The molecule has 17 heavy (non-hydrogen) atoms. The van der Waals surface area contributed by atoms with Crippen molar-refractivity contribution in [2.24, 2.45) is 0 Å². The van der Waals surface area contributed by atoms with Gasteiger partial charge in [0.25, 0.3) is 0 Å². The van der Waals surface area contributed by atoms with Crippen LogP contribution in [0.3, 0.4) is 0 Å². The number of carboxylic acid groups (broad SMARTS) is 2. The number of para-hydroxylation sites is 1. The smallest absolute Gasteiger partial charge is 0.371 e. The number of carboxylic acids is 2. The molecule has 0 saturated carbocycles. The summed E-state index contributed by atoms with van der Waals surface area (Å²) < 4.78 is 4.89. The van der Waals surface area contributed by atoms with Gasteiger partial charge in [-0.25, -0.2) is 9.59 Å². The Morgan fingerprint density at radius 3 is 2.41 bits per heavy atom. The molecule has 90 valence electrons. The van der Waals surface area contributed by atoms with Gasteiger partial charge in [0.2, 0.25) is 5.76 Å². The Morgan fingerprint density at radius 1 is 1.29 bits per heavy atom. The van der Waals surface area contributed by atoms with Gasteiger partial charge in [-0.2, -0.15) is 0 Å². The molecule has 6 heteroatoms. The Hall–Kier alpha value is -2.50. The summed E-state index contributed by atoms with van der Waals surface area (Å²) in [6.07, 6.45) is 1.19. The van der Waals surface area contributed by atoms with Crippen LogP contribution in [0.1, 0.15) is 17.3 Å². The number of rotatable bonds is 4. The number of aromatic hydroxyl groups is 1. The maximum absolute atomic E-state index is 10.7. The second-order valence-corrected chi connectivity index (χ2v) is 3.02. The number of phenols is 1. The summed E-state index contributed by atoms with van der Waals surface area (Å²) >= 11 is 0. The highest BCUT2D eigenvalue weighted by Crippen LogP contribution is 2.31. The van der Waals surface area contributed by atoms with Crippen molar-refractivity contribution in [3.8, 4) is 11.5 Å². The molecule has 0 spiro atoms. The lowest BCUT2D eigenvalue weighted by atomic mass is 10.2. The molecule has 0 heterocycles. The summed E-state index contributed by atoms with van der Waals surface area (Å²) in [6.45, 7) is 1.45. The molecule has 1 rings (SSSR count). The predicted octanol–water partition coefficient (Wildman–Crippen LogP) is 1.46. The first-order valence-corrected chi connectivity index (χ1v) is 4.60. The van der Waals surface area contributed by atoms with E-state index in [0.717, 1.165) is 0 Å². The van der Waals surface area contributed by atoms with Crippen molar-refractivity contribution in [1.82, 2.24) is 0 Å². The van der Waals surface area contributed by atoms with Gasteiger partial charge in [0, 0.05) is 0 Å². The summed E-state index contributed by atoms with van der Waals surface area (Å²) in [5.41, 5.74) is -0.358. The second kappa shape index (κ2) is 5.02. The molecule has 1 aromatic rings. The highest BCUT2D eigenvalue weighted by atomic mass is 16.5. The summed E-state index contributed by atoms with van der Waals surface area (Å²) in [4.78, 5) is 21.4. The van der Waals surface area contributed by atoms with Gasteiger partial charge in [0.05, 0.1) is 0 Å². The van der Waals surface area contributed by atoms with Crippen molar-refractivity contribution in [1.29, 1.82) is 0 Å². The third kappa shape index (κ3) is 2.75. The van der Waals surface area contributed by atoms with Crippen molar-refractivity contribution in [2.75, 3.05) is 0 Å². The van der Waals surface area contributed by atoms with Crippen LogP contribution < -0.4 is 4.74 Å². The van der Waals surface area contributed by atoms with Crippen LogP contribution in [0.25, 0.3) is 0 Å². The Bertz CT molecular complexity index is 489. The second-order valence-electron chi connectivity index (χ2n) is 3.02. The minimum atomic E-state index is -1.33. The lowest BCUT2D eigenvalue weighted by Gasteiger charge is -2.08. The first-order valence-electron chi connectivity index (χ1n) is 4.60. The van der Waals surface area contributed by atoms with Gasteiger partial charge < -0.3 is 20.1 Å². The molecule has 0 unspecified atom stereocenters. The fourth-order valence-electron chi connectivity index (χ4n) is 1.12. The first-order chi connectivity index (χ1) is 7.97. The topological polar surface area (TPSA) is 104 Å². The summed E-state index contributed by atoms with van der Waals surface area (Å²) in [5.74, 6) is -3.87. The standard InChI is InChI=1S/C11H10O6/c1-2-7(11(15)16)17-8-5-3-4-6(9(8)12)10(13)14/h2-5,12H,1H3,(H,13,14)(H,15,16). The number of hydrogen-bond donors (Lipinski definition) is 3. The molecule has 0 saturated heterocycles. The minimum Gasteiger partial charge on any atom is -0.504 e. The number of hydrogen-bond acceptors (Lipinski definition) is 4. The van der Waals surface area contributed by atoms with Crippen molar-refractivity contribution >= 4 is 11.9 Å². The molecular formula is C11H10O6. The zero-order valence-corrected chi connectivity index (χ0v) is 8.88. The van der Waals surface area contributed by atoms with Crippen LogP contribution >= 0.6 is 0 Å². The highest BCUT2D eigenvalue weighted by molar-refractivity contribution is 5.92. The molecule has 0 aliphatic heterocycles. The van der Waals surface area contributed by atoms with Crippen molar-refractivity contribution in [3.05, 3.63) is 35.6 Å². The number of benzene rings is 1. The Kier molecular flexibility index (Phi) is 3.71. The Morgan fingerprint density at radius 2 is 1.94 bits per heavy atom. The zero-order chi connectivity index (χ0) is 13.0. The number of aliphatic carboxylic acids is 1. The Balaban J connectivity index is 3.12. The van der Waals surface area contributed by atoms with Gasteiger partial charge in [-0.3, -0.25) is 0 Å². The van der Waals surface area contributed by atoms with Gasteiger partial charge in [-0.05, 0) is 25.1 Å². The molecule has 0 fully saturated rings. The number of aromatic carboxylic acids is 1. The van der Waals surface area contributed by atoms with E-state index in [1.54, 1.807) is 0 Å². The number of carbonyl (C=O) groups is 2. The van der Waals surface area contributed by atoms with Crippen LogP contribution in [-0.2, 0) is 4.79 Å². The van der Waals surface area contributed by atoms with Gasteiger partial charge >= 0.3 is 11.9 Å². The van der Waals surface area contributed by atoms with Crippen LogP contribution in [0.2, 0.25) is 0 Å². The molecule has 0 atom stereocenters.